The van der Waals surface area contributed by atoms with Gasteiger partial charge in [-0.05, 0) is 72.6 Å². The van der Waals surface area contributed by atoms with E-state index in [1.807, 2.05) is 30.3 Å². The van der Waals surface area contributed by atoms with Crippen molar-refractivity contribution >= 4 is 5.82 Å². The zero-order valence-electron chi connectivity index (χ0n) is 18.0. The molecule has 2 bridgehead atoms. The lowest BCUT2D eigenvalue weighted by molar-refractivity contribution is 0.312. The summed E-state index contributed by atoms with van der Waals surface area (Å²) < 4.78 is 1.52. The summed E-state index contributed by atoms with van der Waals surface area (Å²) in [5, 5.41) is 19.5. The van der Waals surface area contributed by atoms with E-state index in [-0.39, 0.29) is 11.3 Å². The second kappa shape index (κ2) is 7.84. The van der Waals surface area contributed by atoms with Crippen molar-refractivity contribution in [2.75, 3.05) is 11.9 Å². The van der Waals surface area contributed by atoms with Crippen LogP contribution < -0.4 is 10.5 Å². The van der Waals surface area contributed by atoms with Gasteiger partial charge >= 0.3 is 0 Å². The number of benzene rings is 1. The third-order valence-corrected chi connectivity index (χ3v) is 7.13. The molecule has 0 saturated heterocycles. The number of hydrogen-bond acceptors (Lipinski definition) is 5. The Morgan fingerprint density at radius 3 is 2.35 bits per heavy atom. The number of phenols is 1. The average molecular weight is 417 g/mol. The summed E-state index contributed by atoms with van der Waals surface area (Å²) in [4.78, 5) is 14.2. The van der Waals surface area contributed by atoms with Crippen LogP contribution in [0.4, 0.5) is 5.82 Å². The lowest BCUT2D eigenvalue weighted by Gasteiger charge is -2.35. The van der Waals surface area contributed by atoms with Gasteiger partial charge in [0, 0.05) is 38.0 Å². The normalized spacial score (nSPS) is 22.5. The summed E-state index contributed by atoms with van der Waals surface area (Å²) in [6.45, 7) is 0. The highest BCUT2D eigenvalue weighted by Gasteiger charge is 2.36. The van der Waals surface area contributed by atoms with Crippen molar-refractivity contribution in [1.29, 1.82) is 0 Å². The first kappa shape index (κ1) is 19.8. The minimum atomic E-state index is -0.0855. The summed E-state index contributed by atoms with van der Waals surface area (Å²) in [5.74, 6) is 2.75. The number of aromatic nitrogens is 3. The summed E-state index contributed by atoms with van der Waals surface area (Å²) in [6, 6.07) is 13.3. The maximum Gasteiger partial charge on any atom is 0.250 e. The molecule has 0 aliphatic heterocycles. The van der Waals surface area contributed by atoms with Crippen molar-refractivity contribution < 1.29 is 5.11 Å². The maximum atomic E-state index is 11.9. The molecule has 2 aliphatic rings. The Bertz CT molecular complexity index is 1140. The first-order valence-corrected chi connectivity index (χ1v) is 11.0. The molecule has 1 N–H and O–H groups in total. The Labute approximate surface area is 182 Å². The zero-order chi connectivity index (χ0) is 21.5. The number of rotatable bonds is 4. The fraction of sp³-hybridized carbons (Fsp3) is 0.400. The highest BCUT2D eigenvalue weighted by Crippen LogP contribution is 2.43. The predicted molar refractivity (Wildman–Crippen MR) is 122 cm³/mol. The van der Waals surface area contributed by atoms with E-state index in [0.29, 0.717) is 17.3 Å². The number of aromatic hydroxyl groups is 1. The number of hydrogen-bond donors (Lipinski definition) is 1. The Hall–Kier alpha value is -3.15. The average Bonchev–Trinajstić information content (AvgIpc) is 3.12. The van der Waals surface area contributed by atoms with Gasteiger partial charge in [0.15, 0.2) is 5.82 Å². The Balaban J connectivity index is 1.35. The van der Waals surface area contributed by atoms with Crippen molar-refractivity contribution in [3.05, 3.63) is 59.0 Å². The highest BCUT2D eigenvalue weighted by atomic mass is 16.3. The molecule has 3 atom stereocenters. The van der Waals surface area contributed by atoms with Crippen molar-refractivity contribution in [3.8, 4) is 28.1 Å². The van der Waals surface area contributed by atoms with Gasteiger partial charge in [-0.3, -0.25) is 4.79 Å². The van der Waals surface area contributed by atoms with E-state index in [0.717, 1.165) is 28.8 Å². The molecule has 5 rings (SSSR count). The van der Waals surface area contributed by atoms with Gasteiger partial charge in [0.25, 0.3) is 5.56 Å². The topological polar surface area (TPSA) is 71.2 Å². The largest absolute Gasteiger partial charge is 0.507 e. The first-order valence-electron chi connectivity index (χ1n) is 11.0. The van der Waals surface area contributed by atoms with E-state index < -0.39 is 0 Å². The summed E-state index contributed by atoms with van der Waals surface area (Å²) >= 11 is 0. The van der Waals surface area contributed by atoms with Crippen LogP contribution in [0.1, 0.15) is 32.1 Å². The van der Waals surface area contributed by atoms with Gasteiger partial charge in [-0.25, -0.2) is 0 Å². The second-order valence-corrected chi connectivity index (χ2v) is 9.15. The van der Waals surface area contributed by atoms with Crippen LogP contribution in [0.25, 0.3) is 22.4 Å². The predicted octanol–water partition coefficient (Wildman–Crippen LogP) is 4.23. The molecule has 0 unspecified atom stereocenters. The standard InChI is InChI=1S/C25H28N4O2/c1-28-10-9-19(15-25(28)31)18-5-6-21(23(30)14-18)22-7-8-24(27-26-22)29(2)20-12-16-3-4-17(11-16)13-20/h5-10,14-17,20,30H,3-4,11-13H2,1-2H3/t16-,17+,20+. The molecular weight excluding hydrogens is 388 g/mol. The van der Waals surface area contributed by atoms with Gasteiger partial charge in [0.05, 0.1) is 5.69 Å². The molecule has 1 aromatic carbocycles. The molecule has 6 heteroatoms. The third-order valence-electron chi connectivity index (χ3n) is 7.13. The van der Waals surface area contributed by atoms with Crippen LogP contribution in [-0.4, -0.2) is 33.0 Å². The monoisotopic (exact) mass is 416 g/mol. The molecule has 31 heavy (non-hydrogen) atoms. The molecule has 0 amide bonds. The van der Waals surface area contributed by atoms with Gasteiger partial charge < -0.3 is 14.6 Å². The minimum absolute atomic E-state index is 0.0855. The van der Waals surface area contributed by atoms with Crippen molar-refractivity contribution in [2.24, 2.45) is 18.9 Å². The second-order valence-electron chi connectivity index (χ2n) is 9.15. The Morgan fingerprint density at radius 1 is 0.968 bits per heavy atom. The van der Waals surface area contributed by atoms with Crippen LogP contribution in [0, 0.1) is 11.8 Å². The molecule has 2 aliphatic carbocycles. The number of nitrogens with zero attached hydrogens (tertiary/aromatic N) is 4. The fourth-order valence-electron chi connectivity index (χ4n) is 5.29. The minimum Gasteiger partial charge on any atom is -0.507 e. The first-order chi connectivity index (χ1) is 15.0. The highest BCUT2D eigenvalue weighted by molar-refractivity contribution is 5.74. The van der Waals surface area contributed by atoms with Crippen LogP contribution in [-0.2, 0) is 7.05 Å². The van der Waals surface area contributed by atoms with Crippen LogP contribution in [0.15, 0.2) is 53.5 Å². The molecule has 0 spiro atoms. The van der Waals surface area contributed by atoms with Crippen molar-refractivity contribution in [2.45, 2.75) is 38.1 Å². The molecule has 6 nitrogen and oxygen atoms in total. The lowest BCUT2D eigenvalue weighted by atomic mass is 9.85. The van der Waals surface area contributed by atoms with E-state index in [4.69, 9.17) is 0 Å². The van der Waals surface area contributed by atoms with Gasteiger partial charge in [-0.2, -0.15) is 0 Å². The smallest absolute Gasteiger partial charge is 0.250 e. The van der Waals surface area contributed by atoms with E-state index in [2.05, 4.69) is 22.1 Å². The third kappa shape index (κ3) is 3.82. The zero-order valence-corrected chi connectivity index (χ0v) is 18.0. The van der Waals surface area contributed by atoms with Gasteiger partial charge in [-0.15, -0.1) is 10.2 Å². The molecule has 2 fully saturated rings. The SMILES string of the molecule is CN(c1ccc(-c2ccc(-c3ccn(C)c(=O)c3)cc2O)nn1)[C@H]1C[C@@H]2CC[C@@H](C2)C1. The molecule has 2 aromatic heterocycles. The van der Waals surface area contributed by atoms with Crippen molar-refractivity contribution in [1.82, 2.24) is 14.8 Å². The maximum absolute atomic E-state index is 11.9. The molecule has 0 radical (unpaired) electrons. The van der Waals surface area contributed by atoms with Crippen LogP contribution in [0.3, 0.4) is 0 Å². The van der Waals surface area contributed by atoms with Crippen LogP contribution >= 0.6 is 0 Å². The number of aryl methyl sites for hydroxylation is 1. The summed E-state index contributed by atoms with van der Waals surface area (Å²) in [5.41, 5.74) is 2.74. The Morgan fingerprint density at radius 2 is 1.71 bits per heavy atom. The number of fused-ring (bicyclic) bond motifs is 2. The molecule has 160 valence electrons. The summed E-state index contributed by atoms with van der Waals surface area (Å²) in [7, 11) is 3.83. The Kier molecular flexibility index (Phi) is 5.00. The van der Waals surface area contributed by atoms with Gasteiger partial charge in [0.1, 0.15) is 5.75 Å². The quantitative estimate of drug-likeness (QED) is 0.689. The number of anilines is 1. The van der Waals surface area contributed by atoms with Crippen LogP contribution in [0.2, 0.25) is 0 Å². The van der Waals surface area contributed by atoms with E-state index >= 15 is 0 Å². The number of pyridine rings is 1. The van der Waals surface area contributed by atoms with E-state index in [1.54, 1.807) is 25.4 Å². The number of phenolic OH excluding ortho intramolecular Hbond substituents is 1. The van der Waals surface area contributed by atoms with Crippen LogP contribution in [0.5, 0.6) is 5.75 Å². The van der Waals surface area contributed by atoms with Gasteiger partial charge in [0.2, 0.25) is 0 Å². The summed E-state index contributed by atoms with van der Waals surface area (Å²) in [6.07, 6.45) is 8.39. The van der Waals surface area contributed by atoms with E-state index in [1.165, 1.54) is 36.7 Å². The molecule has 3 aromatic rings. The molecule has 2 heterocycles. The fourth-order valence-corrected chi connectivity index (χ4v) is 5.29. The molecular formula is C25H28N4O2. The molecule has 2 saturated carbocycles. The van der Waals surface area contributed by atoms with Crippen molar-refractivity contribution in [3.63, 3.8) is 0 Å². The van der Waals surface area contributed by atoms with Gasteiger partial charge in [-0.1, -0.05) is 18.9 Å². The lowest BCUT2D eigenvalue weighted by Crippen LogP contribution is -2.37. The van der Waals surface area contributed by atoms with E-state index in [9.17, 15) is 9.90 Å².